The number of hydrogen-bond acceptors (Lipinski definition) is 4. The molecular formula is C27H30F3N3O2. The third-order valence-corrected chi connectivity index (χ3v) is 7.71. The number of aromatic nitrogens is 2. The van der Waals surface area contributed by atoms with Crippen LogP contribution in [0.5, 0.6) is 5.88 Å². The number of nitrogens with zero attached hydrogens (tertiary/aromatic N) is 3. The van der Waals surface area contributed by atoms with E-state index in [1.54, 1.807) is 13.0 Å². The van der Waals surface area contributed by atoms with Gasteiger partial charge in [0.25, 0.3) is 0 Å². The Kier molecular flexibility index (Phi) is 6.34. The number of ether oxygens (including phenoxy) is 1. The molecule has 2 unspecified atom stereocenters. The van der Waals surface area contributed by atoms with E-state index in [2.05, 4.69) is 17.0 Å². The van der Waals surface area contributed by atoms with Crippen molar-refractivity contribution in [1.82, 2.24) is 14.5 Å². The zero-order valence-corrected chi connectivity index (χ0v) is 20.3. The van der Waals surface area contributed by atoms with Gasteiger partial charge in [-0.3, -0.25) is 4.79 Å². The first-order chi connectivity index (χ1) is 16.7. The van der Waals surface area contributed by atoms with E-state index in [0.29, 0.717) is 41.2 Å². The number of carbonyl (C=O) groups excluding carboxylic acids is 1. The summed E-state index contributed by atoms with van der Waals surface area (Å²) >= 11 is 0. The summed E-state index contributed by atoms with van der Waals surface area (Å²) in [5.41, 5.74) is 2.08. The van der Waals surface area contributed by atoms with Gasteiger partial charge in [0.05, 0.1) is 22.3 Å². The molecule has 35 heavy (non-hydrogen) atoms. The first-order valence-electron chi connectivity index (χ1n) is 12.2. The number of pyridine rings is 1. The SMILES string of the molecule is Cc1cc(OCc2c(F)ccc(F)c2F)n2nc(C)c(C(=O)CC3CC4CCCC(C3)N4C)c2c1. The average molecular weight is 486 g/mol. The highest BCUT2D eigenvalue weighted by molar-refractivity contribution is 6.03. The van der Waals surface area contributed by atoms with Crippen LogP contribution in [0.2, 0.25) is 0 Å². The summed E-state index contributed by atoms with van der Waals surface area (Å²) in [6, 6.07) is 6.26. The Balaban J connectivity index is 1.40. The molecule has 0 spiro atoms. The number of hydrogen-bond donors (Lipinski definition) is 0. The predicted octanol–water partition coefficient (Wildman–Crippen LogP) is 5.78. The van der Waals surface area contributed by atoms with Crippen molar-refractivity contribution in [1.29, 1.82) is 0 Å². The lowest BCUT2D eigenvalue weighted by Gasteiger charge is -2.47. The molecule has 0 aliphatic carbocycles. The molecule has 2 aromatic heterocycles. The van der Waals surface area contributed by atoms with Gasteiger partial charge in [-0.2, -0.15) is 5.10 Å². The number of ketones is 1. The third kappa shape index (κ3) is 4.44. The quantitative estimate of drug-likeness (QED) is 0.328. The van der Waals surface area contributed by atoms with Crippen molar-refractivity contribution in [3.63, 3.8) is 0 Å². The number of carbonyl (C=O) groups is 1. The van der Waals surface area contributed by atoms with Crippen molar-refractivity contribution < 1.29 is 22.7 Å². The van der Waals surface area contributed by atoms with E-state index in [1.807, 2.05) is 13.0 Å². The van der Waals surface area contributed by atoms with E-state index >= 15 is 0 Å². The van der Waals surface area contributed by atoms with Crippen molar-refractivity contribution in [2.45, 2.75) is 71.1 Å². The summed E-state index contributed by atoms with van der Waals surface area (Å²) in [5, 5.41) is 4.51. The molecule has 1 aromatic carbocycles. The molecular weight excluding hydrogens is 455 g/mol. The normalized spacial score (nSPS) is 22.5. The van der Waals surface area contributed by atoms with Crippen LogP contribution in [0.15, 0.2) is 24.3 Å². The molecule has 2 atom stereocenters. The fraction of sp³-hybridized carbons (Fsp3) is 0.481. The molecule has 5 rings (SSSR count). The van der Waals surface area contributed by atoms with Gasteiger partial charge < -0.3 is 9.64 Å². The van der Waals surface area contributed by atoms with Crippen molar-refractivity contribution in [2.24, 2.45) is 5.92 Å². The maximum Gasteiger partial charge on any atom is 0.215 e. The van der Waals surface area contributed by atoms with Crippen molar-refractivity contribution in [2.75, 3.05) is 7.05 Å². The zero-order valence-electron chi connectivity index (χ0n) is 20.3. The highest BCUT2D eigenvalue weighted by Gasteiger charge is 2.37. The Bertz CT molecular complexity index is 1270. The zero-order chi connectivity index (χ0) is 24.9. The lowest BCUT2D eigenvalue weighted by molar-refractivity contribution is 0.0337. The molecule has 0 radical (unpaired) electrons. The second kappa shape index (κ2) is 9.30. The highest BCUT2D eigenvalue weighted by atomic mass is 19.2. The maximum atomic E-state index is 14.1. The molecule has 2 fully saturated rings. The molecule has 2 aliphatic rings. The van der Waals surface area contributed by atoms with Crippen LogP contribution in [-0.4, -0.2) is 39.4 Å². The molecule has 4 heterocycles. The van der Waals surface area contributed by atoms with Gasteiger partial charge in [-0.15, -0.1) is 0 Å². The molecule has 8 heteroatoms. The second-order valence-corrected chi connectivity index (χ2v) is 10.1. The van der Waals surface area contributed by atoms with Crippen molar-refractivity contribution in [3.05, 3.63) is 64.1 Å². The maximum absolute atomic E-state index is 14.1. The Morgan fingerprint density at radius 2 is 1.77 bits per heavy atom. The summed E-state index contributed by atoms with van der Waals surface area (Å²) in [7, 11) is 2.20. The molecule has 2 bridgehead atoms. The minimum Gasteiger partial charge on any atom is -0.473 e. The summed E-state index contributed by atoms with van der Waals surface area (Å²) in [5.74, 6) is -2.65. The van der Waals surface area contributed by atoms with Crippen LogP contribution in [0.4, 0.5) is 13.2 Å². The van der Waals surface area contributed by atoms with Gasteiger partial charge in [0.2, 0.25) is 5.88 Å². The minimum atomic E-state index is -1.27. The van der Waals surface area contributed by atoms with Crippen LogP contribution >= 0.6 is 0 Å². The average Bonchev–Trinajstić information content (AvgIpc) is 3.12. The summed E-state index contributed by atoms with van der Waals surface area (Å²) in [4.78, 5) is 16.0. The monoisotopic (exact) mass is 485 g/mol. The fourth-order valence-corrected chi connectivity index (χ4v) is 5.91. The standard InChI is InChI=1S/C27H30F3N3O2/c1-15-9-23-26(24(34)13-17-11-18-5-4-6-19(12-17)32(18)3)16(2)31-33(23)25(10-15)35-14-20-21(28)7-8-22(29)27(20)30/h7-10,17-19H,4-6,11-14H2,1-3H3. The number of fused-ring (bicyclic) bond motifs is 3. The van der Waals surface area contributed by atoms with E-state index in [-0.39, 0.29) is 11.7 Å². The second-order valence-electron chi connectivity index (χ2n) is 10.1. The lowest BCUT2D eigenvalue weighted by atomic mass is 9.76. The Morgan fingerprint density at radius 3 is 2.49 bits per heavy atom. The molecule has 2 saturated heterocycles. The molecule has 3 aromatic rings. The van der Waals surface area contributed by atoms with Gasteiger partial charge >= 0.3 is 0 Å². The summed E-state index contributed by atoms with van der Waals surface area (Å²) in [6.07, 6.45) is 6.20. The largest absolute Gasteiger partial charge is 0.473 e. The van der Waals surface area contributed by atoms with E-state index < -0.39 is 29.6 Å². The van der Waals surface area contributed by atoms with Gasteiger partial charge in [0, 0.05) is 24.6 Å². The van der Waals surface area contributed by atoms with Crippen molar-refractivity contribution >= 4 is 11.3 Å². The first kappa shape index (κ1) is 23.9. The smallest absolute Gasteiger partial charge is 0.215 e. The number of rotatable bonds is 6. The highest BCUT2D eigenvalue weighted by Crippen LogP contribution is 2.38. The van der Waals surface area contributed by atoms with Gasteiger partial charge in [-0.05, 0) is 76.3 Å². The predicted molar refractivity (Wildman–Crippen MR) is 126 cm³/mol. The third-order valence-electron chi connectivity index (χ3n) is 7.71. The fourth-order valence-electron chi connectivity index (χ4n) is 5.91. The molecule has 186 valence electrons. The topological polar surface area (TPSA) is 46.8 Å². The van der Waals surface area contributed by atoms with Gasteiger partial charge in [-0.1, -0.05) is 6.42 Å². The van der Waals surface area contributed by atoms with Crippen LogP contribution in [0.3, 0.4) is 0 Å². The summed E-state index contributed by atoms with van der Waals surface area (Å²) in [6.45, 7) is 3.13. The van der Waals surface area contributed by atoms with E-state index in [1.165, 1.54) is 23.8 Å². The van der Waals surface area contributed by atoms with E-state index in [4.69, 9.17) is 4.74 Å². The number of halogens is 3. The molecule has 0 amide bonds. The van der Waals surface area contributed by atoms with Crippen LogP contribution in [0.25, 0.3) is 5.52 Å². The van der Waals surface area contributed by atoms with E-state index in [0.717, 1.165) is 30.5 Å². The lowest BCUT2D eigenvalue weighted by Crippen LogP contribution is -2.49. The Labute approximate surface area is 202 Å². The Morgan fingerprint density at radius 1 is 1.09 bits per heavy atom. The van der Waals surface area contributed by atoms with Crippen molar-refractivity contribution in [3.8, 4) is 5.88 Å². The first-order valence-corrected chi connectivity index (χ1v) is 12.2. The molecule has 0 saturated carbocycles. The van der Waals surface area contributed by atoms with Crippen LogP contribution < -0.4 is 4.74 Å². The van der Waals surface area contributed by atoms with Gasteiger partial charge in [-0.25, -0.2) is 17.7 Å². The van der Waals surface area contributed by atoms with Crippen LogP contribution in [0.1, 0.15) is 65.7 Å². The van der Waals surface area contributed by atoms with Gasteiger partial charge in [0.15, 0.2) is 17.4 Å². The number of piperidine rings is 2. The van der Waals surface area contributed by atoms with E-state index in [9.17, 15) is 18.0 Å². The molecule has 5 nitrogen and oxygen atoms in total. The van der Waals surface area contributed by atoms with Crippen LogP contribution in [-0.2, 0) is 6.61 Å². The summed E-state index contributed by atoms with van der Waals surface area (Å²) < 4.78 is 48.9. The Hall–Kier alpha value is -2.87. The molecule has 0 N–H and O–H groups in total. The van der Waals surface area contributed by atoms with Crippen LogP contribution in [0, 0.1) is 37.2 Å². The number of aryl methyl sites for hydroxylation is 2. The molecule has 2 aliphatic heterocycles. The number of benzene rings is 1. The van der Waals surface area contributed by atoms with Gasteiger partial charge in [0.1, 0.15) is 12.4 Å². The number of Topliss-reactive ketones (excluding diaryl/α,β-unsaturated/α-hetero) is 1. The minimum absolute atomic E-state index is 0.0592.